The van der Waals surface area contributed by atoms with Crippen LogP contribution in [-0.4, -0.2) is 53.2 Å². The molecule has 5 N–H and O–H groups in total. The highest BCUT2D eigenvalue weighted by atomic mass is 16.3. The van der Waals surface area contributed by atoms with Gasteiger partial charge >= 0.3 is 0 Å². The second-order valence-corrected chi connectivity index (χ2v) is 4.30. The fraction of sp³-hybridized carbons (Fsp3) is 0.417. The zero-order valence-electron chi connectivity index (χ0n) is 9.97. The molecule has 0 radical (unpaired) electrons. The lowest BCUT2D eigenvalue weighted by Gasteiger charge is -2.35. The van der Waals surface area contributed by atoms with Crippen LogP contribution in [0.15, 0.2) is 18.2 Å². The summed E-state index contributed by atoms with van der Waals surface area (Å²) in [7, 11) is 0. The summed E-state index contributed by atoms with van der Waals surface area (Å²) in [6, 6.07) is 4.03. The predicted molar refractivity (Wildman–Crippen MR) is 66.5 cm³/mol. The lowest BCUT2D eigenvalue weighted by molar-refractivity contribution is 0.0644. The normalized spacial score (nSPS) is 19.8. The fourth-order valence-electron chi connectivity index (χ4n) is 2.06. The average molecular weight is 251 g/mol. The Labute approximate surface area is 105 Å². The van der Waals surface area contributed by atoms with E-state index >= 15 is 0 Å². The van der Waals surface area contributed by atoms with Crippen molar-refractivity contribution in [3.05, 3.63) is 23.8 Å². The fourth-order valence-corrected chi connectivity index (χ4v) is 2.06. The number of carbonyl (C=O) groups is 1. The topological polar surface area (TPSA) is 98.8 Å². The minimum atomic E-state index is -0.291. The molecule has 18 heavy (non-hydrogen) atoms. The van der Waals surface area contributed by atoms with E-state index in [4.69, 9.17) is 5.73 Å². The molecule has 1 fully saturated rings. The summed E-state index contributed by atoms with van der Waals surface area (Å²) >= 11 is 0. The van der Waals surface area contributed by atoms with Crippen molar-refractivity contribution in [2.45, 2.75) is 6.04 Å². The van der Waals surface area contributed by atoms with Crippen LogP contribution in [0.1, 0.15) is 10.4 Å². The van der Waals surface area contributed by atoms with Crippen molar-refractivity contribution in [2.24, 2.45) is 5.73 Å². The molecule has 1 saturated heterocycles. The van der Waals surface area contributed by atoms with Gasteiger partial charge in [0.2, 0.25) is 0 Å². The van der Waals surface area contributed by atoms with E-state index in [1.165, 1.54) is 18.2 Å². The van der Waals surface area contributed by atoms with Crippen molar-refractivity contribution in [3.63, 3.8) is 0 Å². The molecule has 0 spiro atoms. The second kappa shape index (κ2) is 5.24. The maximum atomic E-state index is 12.3. The first-order valence-corrected chi connectivity index (χ1v) is 5.87. The van der Waals surface area contributed by atoms with E-state index in [-0.39, 0.29) is 23.4 Å². The van der Waals surface area contributed by atoms with Gasteiger partial charge in [0.1, 0.15) is 0 Å². The molecule has 1 aromatic rings. The summed E-state index contributed by atoms with van der Waals surface area (Å²) in [5.74, 6) is -0.704. The molecule has 0 aliphatic carbocycles. The van der Waals surface area contributed by atoms with E-state index in [2.05, 4.69) is 5.32 Å². The Kier molecular flexibility index (Phi) is 3.69. The number of amides is 1. The van der Waals surface area contributed by atoms with Crippen molar-refractivity contribution in [2.75, 3.05) is 26.2 Å². The summed E-state index contributed by atoms with van der Waals surface area (Å²) in [6.45, 7) is 2.38. The van der Waals surface area contributed by atoms with E-state index in [9.17, 15) is 15.0 Å². The molecule has 1 amide bonds. The van der Waals surface area contributed by atoms with Gasteiger partial charge in [-0.25, -0.2) is 0 Å². The van der Waals surface area contributed by atoms with Crippen LogP contribution < -0.4 is 11.1 Å². The van der Waals surface area contributed by atoms with Crippen LogP contribution in [0.3, 0.4) is 0 Å². The molecule has 1 unspecified atom stereocenters. The van der Waals surface area contributed by atoms with Crippen molar-refractivity contribution in [1.82, 2.24) is 10.2 Å². The highest BCUT2D eigenvalue weighted by Crippen LogP contribution is 2.25. The maximum Gasteiger partial charge on any atom is 0.254 e. The number of hydrogen-bond acceptors (Lipinski definition) is 5. The van der Waals surface area contributed by atoms with Crippen LogP contribution in [0, 0.1) is 0 Å². The highest BCUT2D eigenvalue weighted by molar-refractivity contribution is 5.95. The van der Waals surface area contributed by atoms with Crippen LogP contribution in [0.5, 0.6) is 11.5 Å². The number of nitrogens with two attached hydrogens (primary N) is 1. The molecule has 0 saturated carbocycles. The Bertz CT molecular complexity index is 450. The van der Waals surface area contributed by atoms with Crippen molar-refractivity contribution in [1.29, 1.82) is 0 Å². The summed E-state index contributed by atoms with van der Waals surface area (Å²) in [6.07, 6.45) is 0. The molecule has 1 atom stereocenters. The summed E-state index contributed by atoms with van der Waals surface area (Å²) in [5.41, 5.74) is 5.99. The van der Waals surface area contributed by atoms with Crippen molar-refractivity contribution in [3.8, 4) is 11.5 Å². The van der Waals surface area contributed by atoms with Crippen molar-refractivity contribution < 1.29 is 15.0 Å². The van der Waals surface area contributed by atoms with Gasteiger partial charge in [0.25, 0.3) is 5.91 Å². The van der Waals surface area contributed by atoms with Crippen LogP contribution in [0.25, 0.3) is 0 Å². The Hall–Kier alpha value is -1.79. The lowest BCUT2D eigenvalue weighted by Crippen LogP contribution is -2.56. The minimum absolute atomic E-state index is 0.0396. The quantitative estimate of drug-likeness (QED) is 0.530. The third-order valence-corrected chi connectivity index (χ3v) is 3.11. The number of nitrogens with one attached hydrogen (secondary N) is 1. The van der Waals surface area contributed by atoms with Gasteiger partial charge in [-0.15, -0.1) is 0 Å². The zero-order chi connectivity index (χ0) is 13.1. The average Bonchev–Trinajstić information content (AvgIpc) is 2.41. The monoisotopic (exact) mass is 251 g/mol. The molecule has 1 aliphatic heterocycles. The first kappa shape index (κ1) is 12.7. The largest absolute Gasteiger partial charge is 0.504 e. The minimum Gasteiger partial charge on any atom is -0.504 e. The van der Waals surface area contributed by atoms with Crippen LogP contribution >= 0.6 is 0 Å². The molecule has 0 bridgehead atoms. The van der Waals surface area contributed by atoms with Gasteiger partial charge in [0.15, 0.2) is 11.5 Å². The summed E-state index contributed by atoms with van der Waals surface area (Å²) in [5, 5.41) is 21.8. The third kappa shape index (κ3) is 2.39. The molecular weight excluding hydrogens is 234 g/mol. The van der Waals surface area contributed by atoms with E-state index in [1.54, 1.807) is 4.90 Å². The Morgan fingerprint density at radius 1 is 1.44 bits per heavy atom. The van der Waals surface area contributed by atoms with Crippen LogP contribution in [-0.2, 0) is 0 Å². The summed E-state index contributed by atoms with van der Waals surface area (Å²) < 4.78 is 0. The number of benzene rings is 1. The van der Waals surface area contributed by atoms with Gasteiger partial charge in [-0.1, -0.05) is 0 Å². The summed E-state index contributed by atoms with van der Waals surface area (Å²) in [4.78, 5) is 14.0. The van der Waals surface area contributed by atoms with Gasteiger partial charge in [-0.3, -0.25) is 4.79 Å². The number of aromatic hydroxyl groups is 2. The molecule has 2 rings (SSSR count). The van der Waals surface area contributed by atoms with Gasteiger partial charge in [0.05, 0.1) is 6.04 Å². The molecule has 0 aromatic heterocycles. The zero-order valence-corrected chi connectivity index (χ0v) is 9.97. The highest BCUT2D eigenvalue weighted by Gasteiger charge is 2.26. The van der Waals surface area contributed by atoms with E-state index in [0.717, 1.165) is 6.54 Å². The molecule has 1 aliphatic rings. The third-order valence-electron chi connectivity index (χ3n) is 3.11. The molecule has 98 valence electrons. The molecular formula is C12H17N3O3. The predicted octanol–water partition coefficient (Wildman–Crippen LogP) is -0.529. The van der Waals surface area contributed by atoms with Gasteiger partial charge in [-0.2, -0.15) is 0 Å². The number of nitrogens with zero attached hydrogens (tertiary/aromatic N) is 1. The van der Waals surface area contributed by atoms with Crippen molar-refractivity contribution >= 4 is 5.91 Å². The number of piperazine rings is 1. The molecule has 1 aromatic carbocycles. The smallest absolute Gasteiger partial charge is 0.254 e. The van der Waals surface area contributed by atoms with E-state index < -0.39 is 0 Å². The SMILES string of the molecule is NCC1CNCCN1C(=O)c1ccc(O)c(O)c1. The number of rotatable bonds is 2. The number of hydrogen-bond donors (Lipinski definition) is 4. The van der Waals surface area contributed by atoms with Crippen LogP contribution in [0.4, 0.5) is 0 Å². The second-order valence-electron chi connectivity index (χ2n) is 4.30. The molecule has 1 heterocycles. The number of phenols is 2. The first-order valence-electron chi connectivity index (χ1n) is 5.87. The molecule has 6 nitrogen and oxygen atoms in total. The van der Waals surface area contributed by atoms with Gasteiger partial charge < -0.3 is 26.2 Å². The first-order chi connectivity index (χ1) is 8.63. The standard InChI is InChI=1S/C12H17N3O3/c13-6-9-7-14-3-4-15(9)12(18)8-1-2-10(16)11(17)5-8/h1-2,5,9,14,16-17H,3-4,6-7,13H2. The lowest BCUT2D eigenvalue weighted by atomic mass is 10.1. The van der Waals surface area contributed by atoms with Gasteiger partial charge in [-0.05, 0) is 18.2 Å². The molecule has 6 heteroatoms. The Morgan fingerprint density at radius 2 is 2.22 bits per heavy atom. The van der Waals surface area contributed by atoms with E-state index in [1.807, 2.05) is 0 Å². The Balaban J connectivity index is 2.21. The number of phenolic OH excluding ortho intramolecular Hbond substituents is 2. The van der Waals surface area contributed by atoms with Crippen LogP contribution in [0.2, 0.25) is 0 Å². The maximum absolute atomic E-state index is 12.3. The Morgan fingerprint density at radius 3 is 2.89 bits per heavy atom. The number of carbonyl (C=O) groups excluding carboxylic acids is 1. The van der Waals surface area contributed by atoms with E-state index in [0.29, 0.717) is 25.2 Å². The van der Waals surface area contributed by atoms with Gasteiger partial charge in [0, 0.05) is 31.7 Å².